The number of ketones is 1. The largest absolute Gasteiger partial charge is 0.354 e. The van der Waals surface area contributed by atoms with E-state index in [0.717, 1.165) is 37.1 Å². The molecule has 1 aromatic rings. The van der Waals surface area contributed by atoms with Crippen LogP contribution in [0, 0.1) is 31.1 Å². The van der Waals surface area contributed by atoms with Gasteiger partial charge in [-0.2, -0.15) is 5.26 Å². The van der Waals surface area contributed by atoms with Gasteiger partial charge in [0.15, 0.2) is 5.78 Å². The minimum Gasteiger partial charge on any atom is -0.354 e. The van der Waals surface area contributed by atoms with Gasteiger partial charge in [0, 0.05) is 18.0 Å². The SMILES string of the molecule is Cc1ccc(C(=O)C2CCN(CC(=O)NCCC#N)CC2)c(C)c1. The molecule has 0 unspecified atom stereocenters. The Hall–Kier alpha value is -2.19. The normalized spacial score (nSPS) is 15.7. The molecule has 128 valence electrons. The monoisotopic (exact) mass is 327 g/mol. The summed E-state index contributed by atoms with van der Waals surface area (Å²) in [6.07, 6.45) is 1.91. The highest BCUT2D eigenvalue weighted by Gasteiger charge is 2.27. The van der Waals surface area contributed by atoms with Gasteiger partial charge < -0.3 is 5.32 Å². The summed E-state index contributed by atoms with van der Waals surface area (Å²) in [4.78, 5) is 26.6. The van der Waals surface area contributed by atoms with Gasteiger partial charge in [0.1, 0.15) is 0 Å². The Balaban J connectivity index is 1.83. The van der Waals surface area contributed by atoms with E-state index in [1.54, 1.807) is 0 Å². The number of carbonyl (C=O) groups excluding carboxylic acids is 2. The van der Waals surface area contributed by atoms with Crippen LogP contribution in [-0.4, -0.2) is 42.8 Å². The summed E-state index contributed by atoms with van der Waals surface area (Å²) >= 11 is 0. The maximum Gasteiger partial charge on any atom is 0.234 e. The number of aryl methyl sites for hydroxylation is 2. The van der Waals surface area contributed by atoms with Crippen molar-refractivity contribution in [2.45, 2.75) is 33.1 Å². The Bertz CT molecular complexity index is 641. The molecule has 1 N–H and O–H groups in total. The summed E-state index contributed by atoms with van der Waals surface area (Å²) in [6.45, 7) is 6.27. The molecule has 0 atom stereocenters. The van der Waals surface area contributed by atoms with Crippen molar-refractivity contribution in [1.82, 2.24) is 10.2 Å². The molecule has 0 aromatic heterocycles. The number of hydrogen-bond donors (Lipinski definition) is 1. The van der Waals surface area contributed by atoms with Crippen LogP contribution in [0.25, 0.3) is 0 Å². The molecule has 1 aliphatic heterocycles. The minimum absolute atomic E-state index is 0.0457. The number of rotatable bonds is 6. The summed E-state index contributed by atoms with van der Waals surface area (Å²) in [5.74, 6) is 0.222. The van der Waals surface area contributed by atoms with Crippen LogP contribution in [0.1, 0.15) is 40.7 Å². The van der Waals surface area contributed by atoms with E-state index in [4.69, 9.17) is 5.26 Å². The van der Waals surface area contributed by atoms with Crippen LogP contribution < -0.4 is 5.32 Å². The number of nitriles is 1. The fourth-order valence-corrected chi connectivity index (χ4v) is 3.18. The molecule has 0 radical (unpaired) electrons. The van der Waals surface area contributed by atoms with Crippen molar-refractivity contribution in [2.24, 2.45) is 5.92 Å². The van der Waals surface area contributed by atoms with E-state index >= 15 is 0 Å². The molecule has 1 amide bonds. The third-order valence-corrected chi connectivity index (χ3v) is 4.53. The molecule has 1 aliphatic rings. The summed E-state index contributed by atoms with van der Waals surface area (Å²) in [5.41, 5.74) is 3.04. The maximum atomic E-state index is 12.7. The first kappa shape index (κ1) is 18.2. The van der Waals surface area contributed by atoms with E-state index in [1.165, 1.54) is 5.56 Å². The van der Waals surface area contributed by atoms with Gasteiger partial charge in [-0.05, 0) is 45.3 Å². The first-order valence-electron chi connectivity index (χ1n) is 8.48. The highest BCUT2D eigenvalue weighted by Crippen LogP contribution is 2.23. The number of Topliss-reactive ketones (excluding diaryl/α,β-unsaturated/α-hetero) is 1. The molecular weight excluding hydrogens is 302 g/mol. The number of benzene rings is 1. The first-order chi connectivity index (χ1) is 11.5. The zero-order chi connectivity index (χ0) is 17.5. The predicted octanol–water partition coefficient (Wildman–Crippen LogP) is 2.23. The predicted molar refractivity (Wildman–Crippen MR) is 92.7 cm³/mol. The molecule has 5 nitrogen and oxygen atoms in total. The smallest absolute Gasteiger partial charge is 0.234 e. The number of amides is 1. The molecule has 1 heterocycles. The van der Waals surface area contributed by atoms with Gasteiger partial charge in [-0.1, -0.05) is 23.8 Å². The summed E-state index contributed by atoms with van der Waals surface area (Å²) in [6, 6.07) is 7.97. The van der Waals surface area contributed by atoms with Crippen LogP contribution in [0.3, 0.4) is 0 Å². The molecule has 0 aliphatic carbocycles. The van der Waals surface area contributed by atoms with Crippen molar-refractivity contribution in [3.63, 3.8) is 0 Å². The van der Waals surface area contributed by atoms with E-state index in [0.29, 0.717) is 19.5 Å². The third-order valence-electron chi connectivity index (χ3n) is 4.53. The number of nitrogens with one attached hydrogen (secondary N) is 1. The lowest BCUT2D eigenvalue weighted by atomic mass is 9.87. The molecule has 2 rings (SSSR count). The number of piperidine rings is 1. The second-order valence-corrected chi connectivity index (χ2v) is 6.49. The highest BCUT2D eigenvalue weighted by atomic mass is 16.2. The lowest BCUT2D eigenvalue weighted by Crippen LogP contribution is -2.42. The van der Waals surface area contributed by atoms with Gasteiger partial charge in [-0.25, -0.2) is 0 Å². The van der Waals surface area contributed by atoms with Crippen molar-refractivity contribution >= 4 is 11.7 Å². The molecule has 1 fully saturated rings. The Kier molecular flexibility index (Phi) is 6.51. The van der Waals surface area contributed by atoms with Gasteiger partial charge in [0.2, 0.25) is 5.91 Å². The van der Waals surface area contributed by atoms with E-state index in [-0.39, 0.29) is 17.6 Å². The van der Waals surface area contributed by atoms with Crippen LogP contribution in [0.2, 0.25) is 0 Å². The quantitative estimate of drug-likeness (QED) is 0.642. The lowest BCUT2D eigenvalue weighted by molar-refractivity contribution is -0.122. The fourth-order valence-electron chi connectivity index (χ4n) is 3.18. The van der Waals surface area contributed by atoms with E-state index < -0.39 is 0 Å². The Morgan fingerprint density at radius 2 is 2.00 bits per heavy atom. The first-order valence-corrected chi connectivity index (χ1v) is 8.48. The summed E-state index contributed by atoms with van der Waals surface area (Å²) < 4.78 is 0. The van der Waals surface area contributed by atoms with E-state index in [2.05, 4.69) is 10.2 Å². The van der Waals surface area contributed by atoms with Gasteiger partial charge in [-0.15, -0.1) is 0 Å². The standard InChI is InChI=1S/C19H25N3O2/c1-14-4-5-17(15(2)12-14)19(24)16-6-10-22(11-7-16)13-18(23)21-9-3-8-20/h4-5,12,16H,3,6-7,9-11,13H2,1-2H3,(H,21,23). The van der Waals surface area contributed by atoms with Crippen LogP contribution in [0.15, 0.2) is 18.2 Å². The molecule has 24 heavy (non-hydrogen) atoms. The van der Waals surface area contributed by atoms with Gasteiger partial charge in [-0.3, -0.25) is 14.5 Å². The minimum atomic E-state index is -0.0515. The van der Waals surface area contributed by atoms with Crippen LogP contribution >= 0.6 is 0 Å². The van der Waals surface area contributed by atoms with Crippen molar-refractivity contribution in [2.75, 3.05) is 26.2 Å². The molecule has 0 bridgehead atoms. The summed E-state index contributed by atoms with van der Waals surface area (Å²) in [5, 5.41) is 11.2. The highest BCUT2D eigenvalue weighted by molar-refractivity contribution is 5.99. The Labute approximate surface area is 143 Å². The Morgan fingerprint density at radius 3 is 2.62 bits per heavy atom. The lowest BCUT2D eigenvalue weighted by Gasteiger charge is -2.31. The van der Waals surface area contributed by atoms with Gasteiger partial charge >= 0.3 is 0 Å². The molecule has 5 heteroatoms. The zero-order valence-corrected chi connectivity index (χ0v) is 14.5. The molecule has 0 saturated carbocycles. The maximum absolute atomic E-state index is 12.7. The average molecular weight is 327 g/mol. The number of nitrogens with zero attached hydrogens (tertiary/aromatic N) is 2. The number of hydrogen-bond acceptors (Lipinski definition) is 4. The zero-order valence-electron chi connectivity index (χ0n) is 14.5. The van der Waals surface area contributed by atoms with Crippen molar-refractivity contribution < 1.29 is 9.59 Å². The van der Waals surface area contributed by atoms with Gasteiger partial charge in [0.05, 0.1) is 19.0 Å². The topological polar surface area (TPSA) is 73.2 Å². The second-order valence-electron chi connectivity index (χ2n) is 6.49. The Morgan fingerprint density at radius 1 is 1.29 bits per heavy atom. The third kappa shape index (κ3) is 4.90. The molecule has 1 aromatic carbocycles. The van der Waals surface area contributed by atoms with Crippen LogP contribution in [0.4, 0.5) is 0 Å². The van der Waals surface area contributed by atoms with Crippen LogP contribution in [-0.2, 0) is 4.79 Å². The summed E-state index contributed by atoms with van der Waals surface area (Å²) in [7, 11) is 0. The average Bonchev–Trinajstić information content (AvgIpc) is 2.55. The van der Waals surface area contributed by atoms with Gasteiger partial charge in [0.25, 0.3) is 0 Å². The van der Waals surface area contributed by atoms with Crippen molar-refractivity contribution in [3.05, 3.63) is 34.9 Å². The number of carbonyl (C=O) groups is 2. The fraction of sp³-hybridized carbons (Fsp3) is 0.526. The molecular formula is C19H25N3O2. The molecule has 0 spiro atoms. The van der Waals surface area contributed by atoms with E-state index in [1.807, 2.05) is 38.1 Å². The van der Waals surface area contributed by atoms with Crippen molar-refractivity contribution in [1.29, 1.82) is 5.26 Å². The van der Waals surface area contributed by atoms with Crippen LogP contribution in [0.5, 0.6) is 0 Å². The van der Waals surface area contributed by atoms with Crippen molar-refractivity contribution in [3.8, 4) is 6.07 Å². The second kappa shape index (κ2) is 8.60. The molecule has 1 saturated heterocycles. The number of likely N-dealkylation sites (tertiary alicyclic amines) is 1. The van der Waals surface area contributed by atoms with E-state index in [9.17, 15) is 9.59 Å².